The summed E-state index contributed by atoms with van der Waals surface area (Å²) in [5.41, 5.74) is 1.28. The summed E-state index contributed by atoms with van der Waals surface area (Å²) in [4.78, 5) is 1.10. The lowest BCUT2D eigenvalue weighted by Crippen LogP contribution is -1.89. The molecule has 0 saturated carbocycles. The fraction of sp³-hybridized carbons (Fsp3) is 0.300. The summed E-state index contributed by atoms with van der Waals surface area (Å²) >= 11 is 3.08. The van der Waals surface area contributed by atoms with Crippen molar-refractivity contribution in [2.45, 2.75) is 11.3 Å². The Morgan fingerprint density at radius 2 is 2.15 bits per heavy atom. The minimum Gasteiger partial charge on any atom is -0.185 e. The third kappa shape index (κ3) is 3.33. The average molecular weight is 209 g/mol. The summed E-state index contributed by atoms with van der Waals surface area (Å²) in [6.07, 6.45) is 3.14. The lowest BCUT2D eigenvalue weighted by atomic mass is 10.2. The van der Waals surface area contributed by atoms with Gasteiger partial charge in [0.25, 0.3) is 0 Å². The van der Waals surface area contributed by atoms with Crippen LogP contribution < -0.4 is 0 Å². The van der Waals surface area contributed by atoms with Gasteiger partial charge in [-0.05, 0) is 41.8 Å². The molecule has 1 aromatic rings. The molecule has 1 nitrogen and oxygen atoms in total. The molecular weight excluding hydrogens is 198 g/mol. The molecule has 0 amide bonds. The van der Waals surface area contributed by atoms with Crippen molar-refractivity contribution >= 4 is 23.5 Å². The van der Waals surface area contributed by atoms with E-state index in [1.165, 1.54) is 17.3 Å². The molecule has 3 heteroatoms. The van der Waals surface area contributed by atoms with Crippen LogP contribution in [-0.4, -0.2) is 12.0 Å². The number of thiocyanates is 1. The molecule has 1 aromatic carbocycles. The molecule has 0 aromatic heterocycles. The van der Waals surface area contributed by atoms with Gasteiger partial charge < -0.3 is 0 Å². The SMILES string of the molecule is CSCCc1ccccc1SC#N. The Balaban J connectivity index is 2.73. The fourth-order valence-electron chi connectivity index (χ4n) is 1.07. The zero-order valence-corrected chi connectivity index (χ0v) is 9.12. The van der Waals surface area contributed by atoms with Crippen LogP contribution in [0.5, 0.6) is 0 Å². The summed E-state index contributed by atoms with van der Waals surface area (Å²) in [6, 6.07) is 8.10. The molecule has 0 unspecified atom stereocenters. The lowest BCUT2D eigenvalue weighted by Gasteiger charge is -2.03. The van der Waals surface area contributed by atoms with Crippen molar-refractivity contribution in [2.24, 2.45) is 0 Å². The van der Waals surface area contributed by atoms with Crippen molar-refractivity contribution in [2.75, 3.05) is 12.0 Å². The second-order valence-electron chi connectivity index (χ2n) is 2.54. The van der Waals surface area contributed by atoms with Crippen LogP contribution in [0, 0.1) is 10.7 Å². The first-order valence-electron chi connectivity index (χ1n) is 4.01. The Kier molecular flexibility index (Phi) is 4.81. The number of benzene rings is 1. The fourth-order valence-corrected chi connectivity index (χ4v) is 2.04. The van der Waals surface area contributed by atoms with Crippen LogP contribution in [0.1, 0.15) is 5.56 Å². The van der Waals surface area contributed by atoms with Gasteiger partial charge in [-0.1, -0.05) is 18.2 Å². The third-order valence-electron chi connectivity index (χ3n) is 1.70. The quantitative estimate of drug-likeness (QED) is 0.562. The molecule has 0 heterocycles. The van der Waals surface area contributed by atoms with Gasteiger partial charge in [0, 0.05) is 4.90 Å². The summed E-state index contributed by atoms with van der Waals surface area (Å²) in [5.74, 6) is 1.11. The molecule has 0 aliphatic heterocycles. The lowest BCUT2D eigenvalue weighted by molar-refractivity contribution is 1.10. The van der Waals surface area contributed by atoms with Crippen molar-refractivity contribution in [1.29, 1.82) is 5.26 Å². The molecule has 68 valence electrons. The van der Waals surface area contributed by atoms with Crippen LogP contribution in [-0.2, 0) is 6.42 Å². The van der Waals surface area contributed by atoms with E-state index in [1.54, 1.807) is 0 Å². The van der Waals surface area contributed by atoms with E-state index in [0.29, 0.717) is 0 Å². The largest absolute Gasteiger partial charge is 0.185 e. The molecule has 0 fully saturated rings. The van der Waals surface area contributed by atoms with Crippen molar-refractivity contribution in [1.82, 2.24) is 0 Å². The highest BCUT2D eigenvalue weighted by atomic mass is 32.2. The molecule has 0 spiro atoms. The van der Waals surface area contributed by atoms with E-state index in [4.69, 9.17) is 5.26 Å². The molecule has 0 atom stereocenters. The number of hydrogen-bond acceptors (Lipinski definition) is 3. The van der Waals surface area contributed by atoms with E-state index < -0.39 is 0 Å². The van der Waals surface area contributed by atoms with Crippen LogP contribution in [0.2, 0.25) is 0 Å². The summed E-state index contributed by atoms with van der Waals surface area (Å²) < 4.78 is 0. The molecule has 13 heavy (non-hydrogen) atoms. The number of aryl methyl sites for hydroxylation is 1. The van der Waals surface area contributed by atoms with Crippen molar-refractivity contribution < 1.29 is 0 Å². The number of rotatable bonds is 4. The number of hydrogen-bond donors (Lipinski definition) is 0. The predicted octanol–water partition coefficient (Wildman–Crippen LogP) is 3.17. The van der Waals surface area contributed by atoms with E-state index in [1.807, 2.05) is 30.0 Å². The van der Waals surface area contributed by atoms with Crippen LogP contribution in [0.15, 0.2) is 29.2 Å². The first kappa shape index (κ1) is 10.5. The van der Waals surface area contributed by atoms with Gasteiger partial charge in [0.2, 0.25) is 0 Å². The molecule has 0 aliphatic rings. The first-order chi connectivity index (χ1) is 6.38. The second-order valence-corrected chi connectivity index (χ2v) is 4.36. The summed E-state index contributed by atoms with van der Waals surface area (Å²) in [5, 5.41) is 10.7. The average Bonchev–Trinajstić information content (AvgIpc) is 2.17. The van der Waals surface area contributed by atoms with E-state index in [0.717, 1.165) is 17.1 Å². The smallest absolute Gasteiger partial charge is 0.138 e. The third-order valence-corrected chi connectivity index (χ3v) is 3.03. The highest BCUT2D eigenvalue weighted by Gasteiger charge is 2.00. The highest BCUT2D eigenvalue weighted by molar-refractivity contribution is 8.03. The summed E-state index contributed by atoms with van der Waals surface area (Å²) in [7, 11) is 0. The Hall–Kier alpha value is -0.590. The van der Waals surface area contributed by atoms with Gasteiger partial charge in [-0.2, -0.15) is 17.0 Å². The minimum absolute atomic E-state index is 1.05. The Labute approximate surface area is 87.5 Å². The maximum Gasteiger partial charge on any atom is 0.138 e. The van der Waals surface area contributed by atoms with Crippen molar-refractivity contribution in [3.05, 3.63) is 29.8 Å². The molecule has 0 bridgehead atoms. The molecule has 0 saturated heterocycles. The maximum absolute atomic E-state index is 8.58. The van der Waals surface area contributed by atoms with Gasteiger partial charge in [-0.3, -0.25) is 0 Å². The van der Waals surface area contributed by atoms with Gasteiger partial charge in [-0.25, -0.2) is 0 Å². The molecule has 0 radical (unpaired) electrons. The van der Waals surface area contributed by atoms with Crippen LogP contribution in [0.25, 0.3) is 0 Å². The van der Waals surface area contributed by atoms with Gasteiger partial charge >= 0.3 is 0 Å². The topological polar surface area (TPSA) is 23.8 Å². The number of thioether (sulfide) groups is 2. The molecule has 0 aliphatic carbocycles. The normalized spacial score (nSPS) is 9.54. The number of nitrogens with zero attached hydrogens (tertiary/aromatic N) is 1. The monoisotopic (exact) mass is 209 g/mol. The zero-order valence-electron chi connectivity index (χ0n) is 7.49. The Morgan fingerprint density at radius 1 is 1.38 bits per heavy atom. The van der Waals surface area contributed by atoms with E-state index in [-0.39, 0.29) is 0 Å². The van der Waals surface area contributed by atoms with E-state index in [9.17, 15) is 0 Å². The predicted molar refractivity (Wildman–Crippen MR) is 60.0 cm³/mol. The zero-order chi connectivity index (χ0) is 9.52. The van der Waals surface area contributed by atoms with Crippen LogP contribution in [0.3, 0.4) is 0 Å². The van der Waals surface area contributed by atoms with Gasteiger partial charge in [0.05, 0.1) is 0 Å². The van der Waals surface area contributed by atoms with E-state index >= 15 is 0 Å². The second kappa shape index (κ2) is 5.95. The van der Waals surface area contributed by atoms with Gasteiger partial charge in [0.1, 0.15) is 5.40 Å². The standard InChI is InChI=1S/C10H11NS2/c1-12-7-6-9-4-2-3-5-10(9)13-8-11/h2-5H,6-7H2,1H3. The molecular formula is C10H11NS2. The van der Waals surface area contributed by atoms with Gasteiger partial charge in [0.15, 0.2) is 0 Å². The molecule has 1 rings (SSSR count). The minimum atomic E-state index is 1.05. The first-order valence-corrected chi connectivity index (χ1v) is 6.22. The Morgan fingerprint density at radius 3 is 2.85 bits per heavy atom. The number of nitriles is 1. The molecule has 0 N–H and O–H groups in total. The van der Waals surface area contributed by atoms with Crippen molar-refractivity contribution in [3.63, 3.8) is 0 Å². The maximum atomic E-state index is 8.58. The van der Waals surface area contributed by atoms with Crippen molar-refractivity contribution in [3.8, 4) is 5.40 Å². The highest BCUT2D eigenvalue weighted by Crippen LogP contribution is 2.22. The van der Waals surface area contributed by atoms with E-state index in [2.05, 4.69) is 17.7 Å². The van der Waals surface area contributed by atoms with Crippen LogP contribution in [0.4, 0.5) is 0 Å². The van der Waals surface area contributed by atoms with Gasteiger partial charge in [-0.15, -0.1) is 0 Å². The Bertz CT molecular complexity index is 304. The van der Waals surface area contributed by atoms with Crippen LogP contribution >= 0.6 is 23.5 Å². The summed E-state index contributed by atoms with van der Waals surface area (Å²) in [6.45, 7) is 0.